The van der Waals surface area contributed by atoms with E-state index in [4.69, 9.17) is 5.73 Å². The molecule has 19 heavy (non-hydrogen) atoms. The van der Waals surface area contributed by atoms with Crippen LogP contribution in [0.2, 0.25) is 0 Å². The third-order valence-corrected chi connectivity index (χ3v) is 4.17. The first-order valence-corrected chi connectivity index (χ1v) is 6.81. The molecule has 0 aromatic heterocycles. The predicted molar refractivity (Wildman–Crippen MR) is 73.4 cm³/mol. The zero-order valence-corrected chi connectivity index (χ0v) is 11.3. The first-order chi connectivity index (χ1) is 9.06. The molecule has 1 fully saturated rings. The van der Waals surface area contributed by atoms with Crippen molar-refractivity contribution in [3.8, 4) is 0 Å². The van der Waals surface area contributed by atoms with Crippen molar-refractivity contribution < 1.29 is 9.18 Å². The maximum absolute atomic E-state index is 13.2. The molecule has 0 spiro atoms. The Balaban J connectivity index is 2.03. The molecule has 0 unspecified atom stereocenters. The summed E-state index contributed by atoms with van der Waals surface area (Å²) in [6.45, 7) is 2.98. The molecular formula is C15H21FN2O. The SMILES string of the molecule is Cc1ccc(F)cc1C(=O)NCC1(CN)CCCC1. The van der Waals surface area contributed by atoms with Gasteiger partial charge in [-0.1, -0.05) is 18.9 Å². The van der Waals surface area contributed by atoms with Gasteiger partial charge in [0.15, 0.2) is 0 Å². The average Bonchev–Trinajstić information content (AvgIpc) is 2.88. The smallest absolute Gasteiger partial charge is 0.251 e. The van der Waals surface area contributed by atoms with E-state index in [-0.39, 0.29) is 17.1 Å². The van der Waals surface area contributed by atoms with Crippen LogP contribution >= 0.6 is 0 Å². The zero-order valence-electron chi connectivity index (χ0n) is 11.3. The van der Waals surface area contributed by atoms with Crippen molar-refractivity contribution in [1.82, 2.24) is 5.32 Å². The van der Waals surface area contributed by atoms with Crippen LogP contribution in [0, 0.1) is 18.2 Å². The Morgan fingerprint density at radius 3 is 2.74 bits per heavy atom. The molecule has 3 nitrogen and oxygen atoms in total. The number of halogens is 1. The summed E-state index contributed by atoms with van der Waals surface area (Å²) in [6, 6.07) is 4.28. The van der Waals surface area contributed by atoms with Crippen LogP contribution in [0.5, 0.6) is 0 Å². The van der Waals surface area contributed by atoms with E-state index in [1.165, 1.54) is 25.0 Å². The van der Waals surface area contributed by atoms with E-state index in [1.807, 2.05) is 6.92 Å². The Bertz CT molecular complexity index is 467. The third-order valence-electron chi connectivity index (χ3n) is 4.17. The Morgan fingerprint density at radius 2 is 2.11 bits per heavy atom. The topological polar surface area (TPSA) is 55.1 Å². The number of carbonyl (C=O) groups excluding carboxylic acids is 1. The molecule has 1 aromatic rings. The fourth-order valence-electron chi connectivity index (χ4n) is 2.78. The number of aryl methyl sites for hydroxylation is 1. The molecule has 0 heterocycles. The van der Waals surface area contributed by atoms with Gasteiger partial charge in [0.1, 0.15) is 5.82 Å². The van der Waals surface area contributed by atoms with E-state index < -0.39 is 0 Å². The van der Waals surface area contributed by atoms with Gasteiger partial charge in [-0.3, -0.25) is 4.79 Å². The molecule has 1 aliphatic carbocycles. The Kier molecular flexibility index (Phi) is 4.20. The number of carbonyl (C=O) groups is 1. The molecule has 1 aromatic carbocycles. The Hall–Kier alpha value is -1.42. The standard InChI is InChI=1S/C15H21FN2O/c1-11-4-5-12(16)8-13(11)14(19)18-10-15(9-17)6-2-3-7-15/h4-5,8H,2-3,6-7,9-10,17H2,1H3,(H,18,19). The highest BCUT2D eigenvalue weighted by Crippen LogP contribution is 2.36. The molecule has 1 saturated carbocycles. The van der Waals surface area contributed by atoms with Crippen LogP contribution in [0.25, 0.3) is 0 Å². The summed E-state index contributed by atoms with van der Waals surface area (Å²) in [5.74, 6) is -0.595. The Morgan fingerprint density at radius 1 is 1.42 bits per heavy atom. The average molecular weight is 264 g/mol. The summed E-state index contributed by atoms with van der Waals surface area (Å²) in [4.78, 5) is 12.1. The number of nitrogens with two attached hydrogens (primary N) is 1. The first-order valence-electron chi connectivity index (χ1n) is 6.81. The second-order valence-corrected chi connectivity index (χ2v) is 5.55. The van der Waals surface area contributed by atoms with Crippen molar-refractivity contribution in [2.75, 3.05) is 13.1 Å². The molecule has 1 aliphatic rings. The van der Waals surface area contributed by atoms with Gasteiger partial charge >= 0.3 is 0 Å². The molecule has 3 N–H and O–H groups in total. The van der Waals surface area contributed by atoms with E-state index in [0.29, 0.717) is 18.7 Å². The van der Waals surface area contributed by atoms with Crippen molar-refractivity contribution in [2.45, 2.75) is 32.6 Å². The quantitative estimate of drug-likeness (QED) is 0.877. The van der Waals surface area contributed by atoms with Crippen LogP contribution in [0.4, 0.5) is 4.39 Å². The van der Waals surface area contributed by atoms with Crippen molar-refractivity contribution in [2.24, 2.45) is 11.1 Å². The molecule has 0 radical (unpaired) electrons. The highest BCUT2D eigenvalue weighted by molar-refractivity contribution is 5.95. The summed E-state index contributed by atoms with van der Waals surface area (Å²) >= 11 is 0. The molecule has 0 saturated heterocycles. The maximum atomic E-state index is 13.2. The third kappa shape index (κ3) is 3.13. The van der Waals surface area contributed by atoms with Crippen LogP contribution in [0.15, 0.2) is 18.2 Å². The predicted octanol–water partition coefficient (Wildman–Crippen LogP) is 2.38. The minimum Gasteiger partial charge on any atom is -0.351 e. The lowest BCUT2D eigenvalue weighted by Crippen LogP contribution is -2.40. The van der Waals surface area contributed by atoms with Crippen molar-refractivity contribution in [3.05, 3.63) is 35.1 Å². The largest absolute Gasteiger partial charge is 0.351 e. The summed E-state index contributed by atoms with van der Waals surface area (Å²) in [7, 11) is 0. The van der Waals surface area contributed by atoms with Crippen LogP contribution < -0.4 is 11.1 Å². The normalized spacial score (nSPS) is 17.4. The number of benzene rings is 1. The molecule has 4 heteroatoms. The monoisotopic (exact) mass is 264 g/mol. The first kappa shape index (κ1) is 14.0. The number of rotatable bonds is 4. The summed E-state index contributed by atoms with van der Waals surface area (Å²) < 4.78 is 13.2. The lowest BCUT2D eigenvalue weighted by atomic mass is 9.86. The van der Waals surface area contributed by atoms with E-state index in [9.17, 15) is 9.18 Å². The lowest BCUT2D eigenvalue weighted by molar-refractivity contribution is 0.0931. The van der Waals surface area contributed by atoms with Gasteiger partial charge in [0.25, 0.3) is 5.91 Å². The van der Waals surface area contributed by atoms with Gasteiger partial charge in [0.2, 0.25) is 0 Å². The minimum atomic E-state index is -0.384. The molecule has 0 aliphatic heterocycles. The van der Waals surface area contributed by atoms with Crippen molar-refractivity contribution in [1.29, 1.82) is 0 Å². The van der Waals surface area contributed by atoms with E-state index >= 15 is 0 Å². The molecule has 0 bridgehead atoms. The highest BCUT2D eigenvalue weighted by atomic mass is 19.1. The summed E-state index contributed by atoms with van der Waals surface area (Å²) in [5.41, 5.74) is 7.07. The summed E-state index contributed by atoms with van der Waals surface area (Å²) in [6.07, 6.45) is 4.47. The summed E-state index contributed by atoms with van der Waals surface area (Å²) in [5, 5.41) is 2.92. The molecule has 2 rings (SSSR count). The van der Waals surface area contributed by atoms with E-state index in [2.05, 4.69) is 5.32 Å². The maximum Gasteiger partial charge on any atom is 0.251 e. The van der Waals surface area contributed by atoms with Crippen LogP contribution in [0.1, 0.15) is 41.6 Å². The van der Waals surface area contributed by atoms with Gasteiger partial charge in [-0.25, -0.2) is 4.39 Å². The van der Waals surface area contributed by atoms with E-state index in [1.54, 1.807) is 6.07 Å². The van der Waals surface area contributed by atoms with Gasteiger partial charge in [-0.05, 0) is 49.4 Å². The van der Waals surface area contributed by atoms with Gasteiger partial charge in [0, 0.05) is 12.1 Å². The zero-order chi connectivity index (χ0) is 13.9. The van der Waals surface area contributed by atoms with Gasteiger partial charge in [0.05, 0.1) is 0 Å². The molecule has 1 amide bonds. The number of hydrogen-bond donors (Lipinski definition) is 2. The number of hydrogen-bond acceptors (Lipinski definition) is 2. The minimum absolute atomic E-state index is 0.0386. The van der Waals surface area contributed by atoms with Crippen molar-refractivity contribution >= 4 is 5.91 Å². The lowest BCUT2D eigenvalue weighted by Gasteiger charge is -2.27. The highest BCUT2D eigenvalue weighted by Gasteiger charge is 2.32. The Labute approximate surface area is 113 Å². The fourth-order valence-corrected chi connectivity index (χ4v) is 2.78. The van der Waals surface area contributed by atoms with Gasteiger partial charge in [-0.15, -0.1) is 0 Å². The van der Waals surface area contributed by atoms with Gasteiger partial charge in [-0.2, -0.15) is 0 Å². The molecule has 0 atom stereocenters. The van der Waals surface area contributed by atoms with E-state index in [0.717, 1.165) is 18.4 Å². The number of amides is 1. The molecule has 104 valence electrons. The van der Waals surface area contributed by atoms with Gasteiger partial charge < -0.3 is 11.1 Å². The van der Waals surface area contributed by atoms with Crippen molar-refractivity contribution in [3.63, 3.8) is 0 Å². The second kappa shape index (κ2) is 5.70. The fraction of sp³-hybridized carbons (Fsp3) is 0.533. The molecular weight excluding hydrogens is 243 g/mol. The van der Waals surface area contributed by atoms with Crippen LogP contribution in [-0.2, 0) is 0 Å². The number of nitrogens with one attached hydrogen (secondary N) is 1. The van der Waals surface area contributed by atoms with Crippen LogP contribution in [0.3, 0.4) is 0 Å². The van der Waals surface area contributed by atoms with Crippen LogP contribution in [-0.4, -0.2) is 19.0 Å². The second-order valence-electron chi connectivity index (χ2n) is 5.55.